The Bertz CT molecular complexity index is 684. The second-order valence-electron chi connectivity index (χ2n) is 7.53. The predicted octanol–water partition coefficient (Wildman–Crippen LogP) is 4.72. The number of aromatic nitrogens is 1. The maximum atomic E-state index is 5.46. The molecule has 2 aromatic rings. The van der Waals surface area contributed by atoms with Gasteiger partial charge >= 0.3 is 0 Å². The lowest BCUT2D eigenvalue weighted by Gasteiger charge is -2.30. The normalized spacial score (nSPS) is 15.1. The number of ether oxygens (including phenoxy) is 2. The summed E-state index contributed by atoms with van der Waals surface area (Å²) >= 11 is 0. The van der Waals surface area contributed by atoms with E-state index in [2.05, 4.69) is 34.1 Å². The summed E-state index contributed by atoms with van der Waals surface area (Å²) in [7, 11) is 3.37. The smallest absolute Gasteiger partial charge is 0.160 e. The fourth-order valence-electron chi connectivity index (χ4n) is 4.04. The Hall–Kier alpha value is -2.07. The van der Waals surface area contributed by atoms with Gasteiger partial charge in [-0.1, -0.05) is 25.3 Å². The van der Waals surface area contributed by atoms with Gasteiger partial charge in [-0.15, -0.1) is 0 Å². The fourth-order valence-corrected chi connectivity index (χ4v) is 4.04. The number of pyridine rings is 1. The van der Waals surface area contributed by atoms with Crippen LogP contribution in [0.25, 0.3) is 0 Å². The molecule has 1 fully saturated rings. The molecule has 146 valence electrons. The van der Waals surface area contributed by atoms with Crippen LogP contribution in [0.3, 0.4) is 0 Å². The van der Waals surface area contributed by atoms with Crippen LogP contribution in [-0.2, 0) is 13.0 Å². The summed E-state index contributed by atoms with van der Waals surface area (Å²) in [6.45, 7) is 3.23. The summed E-state index contributed by atoms with van der Waals surface area (Å²) in [4.78, 5) is 6.77. The van der Waals surface area contributed by atoms with Gasteiger partial charge in [0.15, 0.2) is 11.5 Å². The van der Waals surface area contributed by atoms with Crippen molar-refractivity contribution in [3.8, 4) is 11.5 Å². The molecule has 0 unspecified atom stereocenters. The highest BCUT2D eigenvalue weighted by atomic mass is 16.5. The van der Waals surface area contributed by atoms with Gasteiger partial charge < -0.3 is 9.47 Å². The minimum atomic E-state index is 0.789. The summed E-state index contributed by atoms with van der Waals surface area (Å²) in [5, 5.41) is 0. The Balaban J connectivity index is 1.64. The van der Waals surface area contributed by atoms with Crippen LogP contribution in [-0.4, -0.2) is 37.2 Å². The zero-order valence-corrected chi connectivity index (χ0v) is 16.7. The van der Waals surface area contributed by atoms with Crippen molar-refractivity contribution < 1.29 is 9.47 Å². The second-order valence-corrected chi connectivity index (χ2v) is 7.53. The van der Waals surface area contributed by atoms with Gasteiger partial charge in [0.25, 0.3) is 0 Å². The van der Waals surface area contributed by atoms with Crippen LogP contribution in [0, 0.1) is 5.92 Å². The maximum Gasteiger partial charge on any atom is 0.160 e. The van der Waals surface area contributed by atoms with Crippen molar-refractivity contribution in [2.75, 3.05) is 27.3 Å². The number of methoxy groups -OCH3 is 2. The van der Waals surface area contributed by atoms with Crippen LogP contribution in [0.4, 0.5) is 0 Å². The van der Waals surface area contributed by atoms with Crippen LogP contribution in [0.5, 0.6) is 11.5 Å². The first-order valence-electron chi connectivity index (χ1n) is 10.1. The van der Waals surface area contributed by atoms with E-state index >= 15 is 0 Å². The van der Waals surface area contributed by atoms with E-state index in [0.29, 0.717) is 0 Å². The van der Waals surface area contributed by atoms with E-state index in [1.54, 1.807) is 14.2 Å². The van der Waals surface area contributed by atoms with Crippen molar-refractivity contribution in [2.45, 2.75) is 45.1 Å². The van der Waals surface area contributed by atoms with Crippen LogP contribution in [0.15, 0.2) is 42.7 Å². The largest absolute Gasteiger partial charge is 0.493 e. The van der Waals surface area contributed by atoms with Gasteiger partial charge in [-0.3, -0.25) is 9.88 Å². The third kappa shape index (κ3) is 5.96. The number of rotatable bonds is 9. The van der Waals surface area contributed by atoms with E-state index in [4.69, 9.17) is 9.47 Å². The van der Waals surface area contributed by atoms with Gasteiger partial charge in [-0.25, -0.2) is 0 Å². The van der Waals surface area contributed by atoms with Gasteiger partial charge in [0.1, 0.15) is 0 Å². The molecule has 3 rings (SSSR count). The number of benzene rings is 1. The molecule has 27 heavy (non-hydrogen) atoms. The van der Waals surface area contributed by atoms with E-state index in [9.17, 15) is 0 Å². The Morgan fingerprint density at radius 2 is 1.67 bits per heavy atom. The van der Waals surface area contributed by atoms with Crippen LogP contribution in [0.1, 0.15) is 43.2 Å². The molecule has 1 saturated carbocycles. The lowest BCUT2D eigenvalue weighted by molar-refractivity contribution is 0.195. The van der Waals surface area contributed by atoms with Crippen molar-refractivity contribution in [2.24, 2.45) is 5.92 Å². The molecule has 0 amide bonds. The highest BCUT2D eigenvalue weighted by Crippen LogP contribution is 2.28. The fraction of sp³-hybridized carbons (Fsp3) is 0.522. The molecule has 0 atom stereocenters. The molecule has 1 aliphatic carbocycles. The van der Waals surface area contributed by atoms with Crippen LogP contribution < -0.4 is 9.47 Å². The number of nitrogens with zero attached hydrogens (tertiary/aromatic N) is 2. The molecular formula is C23H32N2O2. The molecule has 1 aromatic carbocycles. The first-order chi connectivity index (χ1) is 13.3. The first kappa shape index (κ1) is 19.7. The molecule has 4 nitrogen and oxygen atoms in total. The van der Waals surface area contributed by atoms with E-state index in [0.717, 1.165) is 36.9 Å². The quantitative estimate of drug-likeness (QED) is 0.641. The maximum absolute atomic E-state index is 5.46. The molecule has 0 bridgehead atoms. The van der Waals surface area contributed by atoms with E-state index in [-0.39, 0.29) is 0 Å². The monoisotopic (exact) mass is 368 g/mol. The van der Waals surface area contributed by atoms with Crippen molar-refractivity contribution in [1.82, 2.24) is 9.88 Å². The Kier molecular flexibility index (Phi) is 7.52. The third-order valence-electron chi connectivity index (χ3n) is 5.56. The van der Waals surface area contributed by atoms with Gasteiger partial charge in [0, 0.05) is 32.0 Å². The topological polar surface area (TPSA) is 34.6 Å². The molecule has 1 heterocycles. The minimum absolute atomic E-state index is 0.789. The van der Waals surface area contributed by atoms with E-state index < -0.39 is 0 Å². The van der Waals surface area contributed by atoms with Gasteiger partial charge in [-0.05, 0) is 60.6 Å². The number of hydrogen-bond donors (Lipinski definition) is 0. The molecule has 0 saturated heterocycles. The van der Waals surface area contributed by atoms with E-state index in [1.807, 2.05) is 18.5 Å². The summed E-state index contributed by atoms with van der Waals surface area (Å²) in [5.41, 5.74) is 2.63. The van der Waals surface area contributed by atoms with Gasteiger partial charge in [0.2, 0.25) is 0 Å². The molecular weight excluding hydrogens is 336 g/mol. The summed E-state index contributed by atoms with van der Waals surface area (Å²) in [6, 6.07) is 10.5. The SMILES string of the molecule is COc1ccc(CCN(Cc2ccncc2)CC2CCCCC2)cc1OC. The zero-order valence-electron chi connectivity index (χ0n) is 16.7. The highest BCUT2D eigenvalue weighted by molar-refractivity contribution is 5.42. The number of hydrogen-bond acceptors (Lipinski definition) is 4. The lowest BCUT2D eigenvalue weighted by atomic mass is 9.89. The van der Waals surface area contributed by atoms with Gasteiger partial charge in [0.05, 0.1) is 14.2 Å². The molecule has 1 aromatic heterocycles. The third-order valence-corrected chi connectivity index (χ3v) is 5.56. The van der Waals surface area contributed by atoms with Crippen LogP contribution >= 0.6 is 0 Å². The van der Waals surface area contributed by atoms with Crippen molar-refractivity contribution in [1.29, 1.82) is 0 Å². The zero-order chi connectivity index (χ0) is 18.9. The predicted molar refractivity (Wildman–Crippen MR) is 109 cm³/mol. The average molecular weight is 369 g/mol. The highest BCUT2D eigenvalue weighted by Gasteiger charge is 2.18. The van der Waals surface area contributed by atoms with Crippen molar-refractivity contribution >= 4 is 0 Å². The average Bonchev–Trinajstić information content (AvgIpc) is 2.73. The summed E-state index contributed by atoms with van der Waals surface area (Å²) in [5.74, 6) is 2.44. The molecule has 0 radical (unpaired) electrons. The first-order valence-corrected chi connectivity index (χ1v) is 10.1. The van der Waals surface area contributed by atoms with Crippen molar-refractivity contribution in [3.05, 3.63) is 53.9 Å². The summed E-state index contributed by atoms with van der Waals surface area (Å²) in [6.07, 6.45) is 11.7. The molecule has 0 N–H and O–H groups in total. The Morgan fingerprint density at radius 3 is 2.37 bits per heavy atom. The second kappa shape index (κ2) is 10.3. The molecule has 0 spiro atoms. The van der Waals surface area contributed by atoms with Gasteiger partial charge in [-0.2, -0.15) is 0 Å². The van der Waals surface area contributed by atoms with Crippen molar-refractivity contribution in [3.63, 3.8) is 0 Å². The lowest BCUT2D eigenvalue weighted by Crippen LogP contribution is -2.32. The molecule has 1 aliphatic rings. The summed E-state index contributed by atoms with van der Waals surface area (Å²) < 4.78 is 10.8. The van der Waals surface area contributed by atoms with Crippen LogP contribution in [0.2, 0.25) is 0 Å². The Labute approximate surface area is 163 Å². The minimum Gasteiger partial charge on any atom is -0.493 e. The van der Waals surface area contributed by atoms with E-state index in [1.165, 1.54) is 49.8 Å². The Morgan fingerprint density at radius 1 is 0.926 bits per heavy atom. The molecule has 0 aliphatic heterocycles. The standard InChI is InChI=1S/C23H32N2O2/c1-26-22-9-8-19(16-23(22)27-2)12-15-25(17-20-6-4-3-5-7-20)18-21-10-13-24-14-11-21/h8-11,13-14,16,20H,3-7,12,15,17-18H2,1-2H3. The molecule has 4 heteroatoms.